The molecule has 0 unspecified atom stereocenters. The van der Waals surface area contributed by atoms with Crippen molar-refractivity contribution in [1.29, 1.82) is 0 Å². The third-order valence-corrected chi connectivity index (χ3v) is 5.46. The molecule has 18 heavy (non-hydrogen) atoms. The molecule has 0 heterocycles. The molecular weight excluding hydrogens is 220 g/mol. The van der Waals surface area contributed by atoms with Crippen LogP contribution in [0.25, 0.3) is 0 Å². The standard InChI is InChI=1S/C17H32O/c1-2-3-14-4-6-15(7-5-14)8-9-16-10-12-17(18)13-11-16/h14-18H,2-13H2,1H3. The van der Waals surface area contributed by atoms with Crippen LogP contribution in [0.4, 0.5) is 0 Å². The molecule has 1 heteroatoms. The smallest absolute Gasteiger partial charge is 0.0540 e. The lowest BCUT2D eigenvalue weighted by atomic mass is 9.76. The predicted molar refractivity (Wildman–Crippen MR) is 77.6 cm³/mol. The molecule has 0 aromatic carbocycles. The summed E-state index contributed by atoms with van der Waals surface area (Å²) >= 11 is 0. The first kappa shape index (κ1) is 14.4. The van der Waals surface area contributed by atoms with E-state index in [1.165, 1.54) is 64.2 Å². The molecule has 0 spiro atoms. The van der Waals surface area contributed by atoms with Gasteiger partial charge in [0.05, 0.1) is 6.10 Å². The minimum absolute atomic E-state index is 0.0192. The fourth-order valence-electron chi connectivity index (χ4n) is 4.12. The number of hydrogen-bond donors (Lipinski definition) is 1. The Hall–Kier alpha value is -0.0400. The average Bonchev–Trinajstić information content (AvgIpc) is 2.40. The molecule has 2 aliphatic carbocycles. The van der Waals surface area contributed by atoms with Crippen molar-refractivity contribution >= 4 is 0 Å². The van der Waals surface area contributed by atoms with E-state index in [0.717, 1.165) is 30.6 Å². The highest BCUT2D eigenvalue weighted by molar-refractivity contribution is 4.76. The van der Waals surface area contributed by atoms with Gasteiger partial charge in [-0.2, -0.15) is 0 Å². The summed E-state index contributed by atoms with van der Waals surface area (Å²) in [5.41, 5.74) is 0. The van der Waals surface area contributed by atoms with E-state index in [2.05, 4.69) is 6.92 Å². The van der Waals surface area contributed by atoms with Crippen molar-refractivity contribution in [3.8, 4) is 0 Å². The van der Waals surface area contributed by atoms with Crippen molar-refractivity contribution in [1.82, 2.24) is 0 Å². The second kappa shape index (κ2) is 7.53. The molecular formula is C17H32O. The molecule has 0 bridgehead atoms. The molecule has 0 aromatic rings. The average molecular weight is 252 g/mol. The summed E-state index contributed by atoms with van der Waals surface area (Å²) in [5, 5.41) is 9.52. The summed E-state index contributed by atoms with van der Waals surface area (Å²) in [5.74, 6) is 3.02. The Balaban J connectivity index is 1.57. The Labute approximate surface area is 113 Å². The number of hydrogen-bond acceptors (Lipinski definition) is 1. The van der Waals surface area contributed by atoms with Crippen LogP contribution in [0.15, 0.2) is 0 Å². The Morgan fingerprint density at radius 1 is 0.667 bits per heavy atom. The fraction of sp³-hybridized carbons (Fsp3) is 1.00. The van der Waals surface area contributed by atoms with E-state index in [1.807, 2.05) is 0 Å². The van der Waals surface area contributed by atoms with Crippen LogP contribution >= 0.6 is 0 Å². The van der Waals surface area contributed by atoms with Gasteiger partial charge in [-0.25, -0.2) is 0 Å². The summed E-state index contributed by atoms with van der Waals surface area (Å²) < 4.78 is 0. The summed E-state index contributed by atoms with van der Waals surface area (Å²) in [6.45, 7) is 2.32. The van der Waals surface area contributed by atoms with Crippen LogP contribution in [-0.2, 0) is 0 Å². The molecule has 0 amide bonds. The Morgan fingerprint density at radius 3 is 1.50 bits per heavy atom. The van der Waals surface area contributed by atoms with E-state index in [4.69, 9.17) is 0 Å². The molecule has 106 valence electrons. The Morgan fingerprint density at radius 2 is 1.06 bits per heavy atom. The van der Waals surface area contributed by atoms with Gasteiger partial charge < -0.3 is 5.11 Å². The first-order valence-corrected chi connectivity index (χ1v) is 8.46. The van der Waals surface area contributed by atoms with Crippen molar-refractivity contribution in [2.75, 3.05) is 0 Å². The predicted octanol–water partition coefficient (Wildman–Crippen LogP) is 4.92. The molecule has 1 N–H and O–H groups in total. The third-order valence-electron chi connectivity index (χ3n) is 5.46. The van der Waals surface area contributed by atoms with Crippen LogP contribution < -0.4 is 0 Å². The maximum atomic E-state index is 9.52. The van der Waals surface area contributed by atoms with Gasteiger partial charge in [-0.15, -0.1) is 0 Å². The zero-order valence-corrected chi connectivity index (χ0v) is 12.2. The zero-order chi connectivity index (χ0) is 12.8. The topological polar surface area (TPSA) is 20.2 Å². The molecule has 0 atom stereocenters. The number of rotatable bonds is 5. The maximum Gasteiger partial charge on any atom is 0.0540 e. The van der Waals surface area contributed by atoms with Gasteiger partial charge in [-0.3, -0.25) is 0 Å². The third kappa shape index (κ3) is 4.57. The molecule has 0 radical (unpaired) electrons. The van der Waals surface area contributed by atoms with Gasteiger partial charge in [-0.05, 0) is 43.4 Å². The van der Waals surface area contributed by atoms with Crippen molar-refractivity contribution in [3.05, 3.63) is 0 Å². The largest absolute Gasteiger partial charge is 0.393 e. The molecule has 2 aliphatic rings. The van der Waals surface area contributed by atoms with E-state index in [9.17, 15) is 5.11 Å². The van der Waals surface area contributed by atoms with Gasteiger partial charge in [0.25, 0.3) is 0 Å². The lowest BCUT2D eigenvalue weighted by molar-refractivity contribution is 0.103. The van der Waals surface area contributed by atoms with Gasteiger partial charge in [-0.1, -0.05) is 58.3 Å². The molecule has 0 aliphatic heterocycles. The van der Waals surface area contributed by atoms with Gasteiger partial charge >= 0.3 is 0 Å². The van der Waals surface area contributed by atoms with E-state index >= 15 is 0 Å². The molecule has 2 rings (SSSR count). The van der Waals surface area contributed by atoms with E-state index in [-0.39, 0.29) is 6.10 Å². The van der Waals surface area contributed by atoms with E-state index < -0.39 is 0 Å². The second-order valence-corrected chi connectivity index (χ2v) is 6.93. The van der Waals surface area contributed by atoms with Crippen LogP contribution in [-0.4, -0.2) is 11.2 Å². The van der Waals surface area contributed by atoms with Crippen molar-refractivity contribution in [2.24, 2.45) is 17.8 Å². The van der Waals surface area contributed by atoms with Gasteiger partial charge in [0.1, 0.15) is 0 Å². The van der Waals surface area contributed by atoms with E-state index in [1.54, 1.807) is 0 Å². The lowest BCUT2D eigenvalue weighted by Crippen LogP contribution is -2.20. The number of aliphatic hydroxyl groups excluding tert-OH is 1. The van der Waals surface area contributed by atoms with Crippen LogP contribution in [0, 0.1) is 17.8 Å². The summed E-state index contributed by atoms with van der Waals surface area (Å²) in [6, 6.07) is 0. The van der Waals surface area contributed by atoms with Crippen LogP contribution in [0.1, 0.15) is 84.0 Å². The monoisotopic (exact) mass is 252 g/mol. The molecule has 2 fully saturated rings. The summed E-state index contributed by atoms with van der Waals surface area (Å²) in [4.78, 5) is 0. The first-order chi connectivity index (χ1) is 8.78. The SMILES string of the molecule is CCCC1CCC(CCC2CCC(O)CC2)CC1. The Bertz CT molecular complexity index is 210. The zero-order valence-electron chi connectivity index (χ0n) is 12.2. The fourth-order valence-corrected chi connectivity index (χ4v) is 4.12. The highest BCUT2D eigenvalue weighted by atomic mass is 16.3. The normalized spacial score (nSPS) is 37.7. The van der Waals surface area contributed by atoms with E-state index in [0.29, 0.717) is 0 Å². The highest BCUT2D eigenvalue weighted by Gasteiger charge is 2.23. The molecule has 0 saturated heterocycles. The number of aliphatic hydroxyl groups is 1. The molecule has 1 nitrogen and oxygen atoms in total. The van der Waals surface area contributed by atoms with Crippen molar-refractivity contribution in [3.63, 3.8) is 0 Å². The van der Waals surface area contributed by atoms with Crippen molar-refractivity contribution < 1.29 is 5.11 Å². The van der Waals surface area contributed by atoms with Crippen LogP contribution in [0.2, 0.25) is 0 Å². The minimum Gasteiger partial charge on any atom is -0.393 e. The summed E-state index contributed by atoms with van der Waals surface area (Å²) in [6.07, 6.45) is 16.5. The van der Waals surface area contributed by atoms with Gasteiger partial charge in [0.15, 0.2) is 0 Å². The summed E-state index contributed by atoms with van der Waals surface area (Å²) in [7, 11) is 0. The molecule has 0 aromatic heterocycles. The van der Waals surface area contributed by atoms with Crippen LogP contribution in [0.3, 0.4) is 0 Å². The minimum atomic E-state index is 0.0192. The van der Waals surface area contributed by atoms with Gasteiger partial charge in [0, 0.05) is 0 Å². The second-order valence-electron chi connectivity index (χ2n) is 6.93. The molecule has 2 saturated carbocycles. The Kier molecular flexibility index (Phi) is 6.01. The highest BCUT2D eigenvalue weighted by Crippen LogP contribution is 2.36. The quantitative estimate of drug-likeness (QED) is 0.736. The lowest BCUT2D eigenvalue weighted by Gasteiger charge is -2.31. The van der Waals surface area contributed by atoms with Crippen molar-refractivity contribution in [2.45, 2.75) is 90.1 Å². The van der Waals surface area contributed by atoms with Crippen LogP contribution in [0.5, 0.6) is 0 Å². The van der Waals surface area contributed by atoms with Gasteiger partial charge in [0.2, 0.25) is 0 Å². The first-order valence-electron chi connectivity index (χ1n) is 8.46. The maximum absolute atomic E-state index is 9.52.